The Morgan fingerprint density at radius 2 is 2.03 bits per heavy atom. The van der Waals surface area contributed by atoms with E-state index in [1.807, 2.05) is 13.0 Å². The maximum absolute atomic E-state index is 12.9. The minimum Gasteiger partial charge on any atom is -0.493 e. The fourth-order valence-corrected chi connectivity index (χ4v) is 4.64. The van der Waals surface area contributed by atoms with Crippen LogP contribution in [0, 0.1) is 0 Å². The van der Waals surface area contributed by atoms with Crippen molar-refractivity contribution in [3.63, 3.8) is 0 Å². The lowest BCUT2D eigenvalue weighted by atomic mass is 10.1. The number of morpholine rings is 1. The first-order valence-electron chi connectivity index (χ1n) is 10.6. The third-order valence-electron chi connectivity index (χ3n) is 5.18. The van der Waals surface area contributed by atoms with E-state index in [1.165, 1.54) is 16.7 Å². The van der Waals surface area contributed by atoms with E-state index >= 15 is 0 Å². The second-order valence-corrected chi connectivity index (χ2v) is 8.88. The summed E-state index contributed by atoms with van der Waals surface area (Å²) >= 11 is 7.42. The van der Waals surface area contributed by atoms with Crippen LogP contribution in [0.4, 0.5) is 5.69 Å². The van der Waals surface area contributed by atoms with E-state index in [0.717, 1.165) is 5.56 Å². The fourth-order valence-electron chi connectivity index (χ4n) is 3.48. The van der Waals surface area contributed by atoms with Crippen molar-refractivity contribution in [1.29, 1.82) is 0 Å². The highest BCUT2D eigenvalue weighted by molar-refractivity contribution is 8.18. The fraction of sp³-hybridized carbons (Fsp3) is 0.292. The highest BCUT2D eigenvalue weighted by Gasteiger charge is 2.31. The van der Waals surface area contributed by atoms with E-state index in [0.29, 0.717) is 65.0 Å². The van der Waals surface area contributed by atoms with Crippen molar-refractivity contribution < 1.29 is 19.1 Å². The number of amides is 2. The van der Waals surface area contributed by atoms with Crippen molar-refractivity contribution in [2.75, 3.05) is 40.0 Å². The van der Waals surface area contributed by atoms with Crippen LogP contribution < -0.4 is 4.74 Å². The van der Waals surface area contributed by atoms with Gasteiger partial charge in [0.15, 0.2) is 5.17 Å². The number of benzene rings is 2. The Balaban J connectivity index is 1.58. The van der Waals surface area contributed by atoms with Gasteiger partial charge in [-0.15, -0.1) is 0 Å². The number of hydrogen-bond donors (Lipinski definition) is 0. The van der Waals surface area contributed by atoms with Gasteiger partial charge >= 0.3 is 0 Å². The lowest BCUT2D eigenvalue weighted by Crippen LogP contribution is -2.40. The maximum Gasteiger partial charge on any atom is 0.266 e. The van der Waals surface area contributed by atoms with Gasteiger partial charge in [0.25, 0.3) is 11.8 Å². The number of likely N-dealkylation sites (N-methyl/N-ethyl adjacent to an activating group) is 1. The van der Waals surface area contributed by atoms with Crippen molar-refractivity contribution in [1.82, 2.24) is 9.80 Å². The van der Waals surface area contributed by atoms with Crippen molar-refractivity contribution in [3.05, 3.63) is 63.5 Å². The van der Waals surface area contributed by atoms with Gasteiger partial charge in [0, 0.05) is 36.3 Å². The zero-order valence-corrected chi connectivity index (χ0v) is 20.0. The molecule has 0 atom stereocenters. The molecule has 0 aromatic heterocycles. The summed E-state index contributed by atoms with van der Waals surface area (Å²) < 4.78 is 11.0. The van der Waals surface area contributed by atoms with E-state index in [2.05, 4.69) is 4.99 Å². The Hall–Kier alpha value is -2.81. The molecular formula is C24H24ClN3O4S. The quantitative estimate of drug-likeness (QED) is 0.585. The summed E-state index contributed by atoms with van der Waals surface area (Å²) in [6, 6.07) is 12.4. The molecule has 33 heavy (non-hydrogen) atoms. The van der Waals surface area contributed by atoms with Crippen LogP contribution in [0.5, 0.6) is 5.75 Å². The summed E-state index contributed by atoms with van der Waals surface area (Å²) in [5.41, 5.74) is 1.90. The molecule has 2 saturated heterocycles. The summed E-state index contributed by atoms with van der Waals surface area (Å²) in [5.74, 6) is 0.445. The molecule has 2 aliphatic heterocycles. The molecule has 2 aliphatic rings. The molecule has 0 unspecified atom stereocenters. The van der Waals surface area contributed by atoms with Crippen LogP contribution in [0.15, 0.2) is 52.4 Å². The molecule has 9 heteroatoms. The van der Waals surface area contributed by atoms with E-state index in [4.69, 9.17) is 21.1 Å². The zero-order valence-electron chi connectivity index (χ0n) is 18.4. The minimum atomic E-state index is -0.165. The van der Waals surface area contributed by atoms with Gasteiger partial charge in [-0.2, -0.15) is 0 Å². The highest BCUT2D eigenvalue weighted by Crippen LogP contribution is 2.35. The van der Waals surface area contributed by atoms with Crippen LogP contribution in [0.25, 0.3) is 6.08 Å². The topological polar surface area (TPSA) is 71.4 Å². The van der Waals surface area contributed by atoms with Crippen molar-refractivity contribution in [3.8, 4) is 5.75 Å². The highest BCUT2D eigenvalue weighted by atomic mass is 35.5. The third kappa shape index (κ3) is 5.40. The van der Waals surface area contributed by atoms with Crippen LogP contribution in [0.3, 0.4) is 0 Å². The van der Waals surface area contributed by atoms with Gasteiger partial charge in [0.1, 0.15) is 5.75 Å². The summed E-state index contributed by atoms with van der Waals surface area (Å²) in [6.07, 6.45) is 1.77. The van der Waals surface area contributed by atoms with Gasteiger partial charge in [-0.05, 0) is 61.2 Å². The molecule has 0 aliphatic carbocycles. The van der Waals surface area contributed by atoms with Crippen molar-refractivity contribution >= 4 is 52.1 Å². The molecule has 7 nitrogen and oxygen atoms in total. The Bertz CT molecular complexity index is 1130. The lowest BCUT2D eigenvalue weighted by molar-refractivity contribution is -0.121. The van der Waals surface area contributed by atoms with Gasteiger partial charge < -0.3 is 14.4 Å². The lowest BCUT2D eigenvalue weighted by Gasteiger charge is -2.26. The molecule has 2 fully saturated rings. The first-order valence-corrected chi connectivity index (χ1v) is 11.8. The molecule has 2 aromatic rings. The minimum absolute atomic E-state index is 0.0474. The number of thioether (sulfide) groups is 1. The molecule has 2 aromatic carbocycles. The average Bonchev–Trinajstić information content (AvgIpc) is 3.09. The normalized spacial score (nSPS) is 18.9. The summed E-state index contributed by atoms with van der Waals surface area (Å²) in [4.78, 5) is 34.1. The summed E-state index contributed by atoms with van der Waals surface area (Å²) in [7, 11) is 1.68. The van der Waals surface area contributed by atoms with Gasteiger partial charge in [-0.3, -0.25) is 14.5 Å². The number of aliphatic imine (C=N–C) groups is 1. The molecule has 2 heterocycles. The van der Waals surface area contributed by atoms with E-state index in [1.54, 1.807) is 54.4 Å². The van der Waals surface area contributed by atoms with E-state index in [-0.39, 0.29) is 11.8 Å². The average molecular weight is 486 g/mol. The molecule has 4 rings (SSSR count). The smallest absolute Gasteiger partial charge is 0.266 e. The predicted molar refractivity (Wildman–Crippen MR) is 131 cm³/mol. The first-order chi connectivity index (χ1) is 16.0. The number of ether oxygens (including phenoxy) is 2. The molecule has 0 N–H and O–H groups in total. The second-order valence-electron chi connectivity index (χ2n) is 7.44. The molecule has 172 valence electrons. The van der Waals surface area contributed by atoms with Gasteiger partial charge in [0.2, 0.25) is 0 Å². The van der Waals surface area contributed by atoms with Crippen molar-refractivity contribution in [2.45, 2.75) is 6.92 Å². The number of halogens is 1. The largest absolute Gasteiger partial charge is 0.493 e. The molecule has 0 saturated carbocycles. The Morgan fingerprint density at radius 1 is 1.24 bits per heavy atom. The molecule has 2 amide bonds. The number of rotatable bonds is 5. The number of amidine groups is 1. The van der Waals surface area contributed by atoms with Crippen LogP contribution in [0.2, 0.25) is 5.02 Å². The van der Waals surface area contributed by atoms with Gasteiger partial charge in [-0.25, -0.2) is 4.99 Å². The van der Waals surface area contributed by atoms with E-state index in [9.17, 15) is 9.59 Å². The number of carbonyl (C=O) groups is 2. The number of carbonyl (C=O) groups excluding carboxylic acids is 2. The van der Waals surface area contributed by atoms with Gasteiger partial charge in [-0.1, -0.05) is 17.7 Å². The van der Waals surface area contributed by atoms with Crippen molar-refractivity contribution in [2.24, 2.45) is 4.99 Å². The van der Waals surface area contributed by atoms with Crippen LogP contribution in [-0.4, -0.2) is 66.7 Å². The Kier molecular flexibility index (Phi) is 7.37. The van der Waals surface area contributed by atoms with Crippen LogP contribution in [0.1, 0.15) is 22.8 Å². The maximum atomic E-state index is 12.9. The Morgan fingerprint density at radius 3 is 2.79 bits per heavy atom. The zero-order chi connectivity index (χ0) is 23.4. The van der Waals surface area contributed by atoms with Crippen LogP contribution in [-0.2, 0) is 9.53 Å². The SMILES string of the molecule is CCOc1ccc(Cl)cc1/C=C1/SC(=Nc2cccc(C(=O)N3CCOCC3)c2)N(C)C1=O. The van der Waals surface area contributed by atoms with Gasteiger partial charge in [0.05, 0.1) is 30.4 Å². The van der Waals surface area contributed by atoms with Crippen LogP contribution >= 0.6 is 23.4 Å². The first kappa shape index (κ1) is 23.4. The monoisotopic (exact) mass is 485 g/mol. The molecule has 0 radical (unpaired) electrons. The molecule has 0 spiro atoms. The summed E-state index contributed by atoms with van der Waals surface area (Å²) in [5, 5.41) is 1.09. The second kappa shape index (κ2) is 10.4. The number of nitrogens with zero attached hydrogens (tertiary/aromatic N) is 3. The third-order valence-corrected chi connectivity index (χ3v) is 6.47. The molecule has 0 bridgehead atoms. The Labute approximate surface area is 202 Å². The standard InChI is InChI=1S/C24H24ClN3O4S/c1-3-32-20-8-7-18(25)13-17(20)15-21-23(30)27(2)24(33-21)26-19-6-4-5-16(14-19)22(29)28-9-11-31-12-10-28/h4-8,13-15H,3,9-12H2,1-2H3/b21-15+,26-24?. The predicted octanol–water partition coefficient (Wildman–Crippen LogP) is 4.44. The number of hydrogen-bond acceptors (Lipinski definition) is 6. The van der Waals surface area contributed by atoms with E-state index < -0.39 is 0 Å². The summed E-state index contributed by atoms with van der Waals surface area (Å²) in [6.45, 7) is 4.65. The molecular weight excluding hydrogens is 462 g/mol.